The molecule has 2 rings (SSSR count). The zero-order valence-corrected chi connectivity index (χ0v) is 11.8. The second-order valence-electron chi connectivity index (χ2n) is 4.45. The van der Waals surface area contributed by atoms with Crippen LogP contribution in [0, 0.1) is 0 Å². The zero-order chi connectivity index (χ0) is 14.4. The van der Waals surface area contributed by atoms with Crippen molar-refractivity contribution in [2.45, 2.75) is 11.4 Å². The maximum atomic E-state index is 11.6. The highest BCUT2D eigenvalue weighted by Crippen LogP contribution is 2.31. The van der Waals surface area contributed by atoms with E-state index < -0.39 is 11.4 Å². The van der Waals surface area contributed by atoms with Crippen molar-refractivity contribution in [3.8, 4) is 0 Å². The first-order valence-electron chi connectivity index (χ1n) is 6.37. The molecule has 1 amide bonds. The predicted octanol–water partition coefficient (Wildman–Crippen LogP) is 2.68. The summed E-state index contributed by atoms with van der Waals surface area (Å²) in [6.07, 6.45) is -0.605. The van der Waals surface area contributed by atoms with Crippen molar-refractivity contribution < 1.29 is 9.90 Å². The number of hydrogen-bond donors (Lipinski definition) is 2. The molecule has 0 fully saturated rings. The van der Waals surface area contributed by atoms with E-state index in [9.17, 15) is 9.90 Å². The van der Waals surface area contributed by atoms with Crippen molar-refractivity contribution >= 4 is 17.7 Å². The molecule has 0 spiro atoms. The molecule has 0 aliphatic carbocycles. The monoisotopic (exact) mass is 287 g/mol. The Morgan fingerprint density at radius 2 is 1.50 bits per heavy atom. The van der Waals surface area contributed by atoms with Gasteiger partial charge in [0.2, 0.25) is 5.91 Å². The van der Waals surface area contributed by atoms with Gasteiger partial charge in [0, 0.05) is 5.75 Å². The topological polar surface area (TPSA) is 63.3 Å². The van der Waals surface area contributed by atoms with Gasteiger partial charge >= 0.3 is 0 Å². The van der Waals surface area contributed by atoms with Crippen molar-refractivity contribution in [3.63, 3.8) is 0 Å². The third kappa shape index (κ3) is 3.85. The Kier molecular flexibility index (Phi) is 5.21. The van der Waals surface area contributed by atoms with Gasteiger partial charge in [0.05, 0.1) is 6.10 Å². The quantitative estimate of drug-likeness (QED) is 0.858. The van der Waals surface area contributed by atoms with Gasteiger partial charge in [0.1, 0.15) is 5.25 Å². The van der Waals surface area contributed by atoms with Crippen LogP contribution < -0.4 is 5.73 Å². The number of nitrogens with two attached hydrogens (primary N) is 1. The lowest BCUT2D eigenvalue weighted by atomic mass is 10.1. The zero-order valence-electron chi connectivity index (χ0n) is 11.0. The lowest BCUT2D eigenvalue weighted by Crippen LogP contribution is -2.20. The molecule has 0 bridgehead atoms. The number of aliphatic hydroxyl groups excluding tert-OH is 1. The minimum absolute atomic E-state index is 0.388. The molecule has 0 aromatic heterocycles. The van der Waals surface area contributed by atoms with Gasteiger partial charge in [-0.2, -0.15) is 0 Å². The smallest absolute Gasteiger partial charge is 0.235 e. The summed E-state index contributed by atoms with van der Waals surface area (Å²) in [5.41, 5.74) is 7.16. The number of aliphatic hydroxyl groups is 1. The van der Waals surface area contributed by atoms with Crippen LogP contribution in [0.15, 0.2) is 60.7 Å². The minimum Gasteiger partial charge on any atom is -0.388 e. The van der Waals surface area contributed by atoms with Crippen LogP contribution >= 0.6 is 11.8 Å². The maximum Gasteiger partial charge on any atom is 0.235 e. The van der Waals surface area contributed by atoms with Crippen LogP contribution in [0.1, 0.15) is 22.5 Å². The Labute approximate surface area is 122 Å². The van der Waals surface area contributed by atoms with Crippen molar-refractivity contribution in [1.82, 2.24) is 0 Å². The van der Waals surface area contributed by atoms with Crippen LogP contribution in [0.2, 0.25) is 0 Å². The van der Waals surface area contributed by atoms with Gasteiger partial charge in [-0.1, -0.05) is 60.7 Å². The Morgan fingerprint density at radius 3 is 2.00 bits per heavy atom. The Hall–Kier alpha value is -1.78. The van der Waals surface area contributed by atoms with Crippen LogP contribution in [-0.2, 0) is 4.79 Å². The van der Waals surface area contributed by atoms with Gasteiger partial charge in [-0.15, -0.1) is 11.8 Å². The number of benzene rings is 2. The van der Waals surface area contributed by atoms with Crippen molar-refractivity contribution in [2.75, 3.05) is 5.75 Å². The van der Waals surface area contributed by atoms with Crippen molar-refractivity contribution in [2.24, 2.45) is 5.73 Å². The molecule has 3 N–H and O–H groups in total. The van der Waals surface area contributed by atoms with E-state index in [4.69, 9.17) is 5.73 Å². The van der Waals surface area contributed by atoms with Crippen molar-refractivity contribution in [3.05, 3.63) is 71.8 Å². The molecule has 0 unspecified atom stereocenters. The molecule has 104 valence electrons. The number of carbonyl (C=O) groups is 1. The first-order chi connectivity index (χ1) is 9.68. The third-order valence-corrected chi connectivity index (χ3v) is 4.31. The van der Waals surface area contributed by atoms with Gasteiger partial charge in [-0.05, 0) is 11.1 Å². The van der Waals surface area contributed by atoms with E-state index in [0.29, 0.717) is 5.75 Å². The van der Waals surface area contributed by atoms with E-state index in [1.807, 2.05) is 60.7 Å². The number of rotatable bonds is 6. The summed E-state index contributed by atoms with van der Waals surface area (Å²) in [4.78, 5) is 11.6. The summed E-state index contributed by atoms with van der Waals surface area (Å²) < 4.78 is 0. The molecule has 0 saturated carbocycles. The molecule has 2 aromatic carbocycles. The summed E-state index contributed by atoms with van der Waals surface area (Å²) in [6, 6.07) is 18.8. The predicted molar refractivity (Wildman–Crippen MR) is 82.2 cm³/mol. The molecule has 0 saturated heterocycles. The van der Waals surface area contributed by atoms with Gasteiger partial charge in [0.25, 0.3) is 0 Å². The Balaban J connectivity index is 2.02. The summed E-state index contributed by atoms with van der Waals surface area (Å²) in [6.45, 7) is 0. The van der Waals surface area contributed by atoms with Crippen LogP contribution in [0.5, 0.6) is 0 Å². The molecule has 0 radical (unpaired) electrons. The largest absolute Gasteiger partial charge is 0.388 e. The molecule has 2 atom stereocenters. The van der Waals surface area contributed by atoms with E-state index in [0.717, 1.165) is 11.1 Å². The maximum absolute atomic E-state index is 11.6. The Bertz CT molecular complexity index is 545. The SMILES string of the molecule is NC(=O)[C@H](SC[C@@H](O)c1ccccc1)c1ccccc1. The highest BCUT2D eigenvalue weighted by Gasteiger charge is 2.20. The van der Waals surface area contributed by atoms with Crippen LogP contribution in [-0.4, -0.2) is 16.8 Å². The highest BCUT2D eigenvalue weighted by molar-refractivity contribution is 8.00. The molecule has 0 aliphatic heterocycles. The number of amides is 1. The lowest BCUT2D eigenvalue weighted by molar-refractivity contribution is -0.117. The van der Waals surface area contributed by atoms with Gasteiger partial charge in [-0.25, -0.2) is 0 Å². The Morgan fingerprint density at radius 1 is 1.00 bits per heavy atom. The summed E-state index contributed by atoms with van der Waals surface area (Å²) >= 11 is 1.36. The fraction of sp³-hybridized carbons (Fsp3) is 0.188. The fourth-order valence-electron chi connectivity index (χ4n) is 1.93. The molecule has 20 heavy (non-hydrogen) atoms. The van der Waals surface area contributed by atoms with Crippen molar-refractivity contribution in [1.29, 1.82) is 0 Å². The average Bonchev–Trinajstić information content (AvgIpc) is 2.49. The number of thioether (sulfide) groups is 1. The van der Waals surface area contributed by atoms with E-state index in [-0.39, 0.29) is 5.91 Å². The molecule has 3 nitrogen and oxygen atoms in total. The normalized spacial score (nSPS) is 13.7. The first-order valence-corrected chi connectivity index (χ1v) is 7.42. The average molecular weight is 287 g/mol. The molecule has 2 aromatic rings. The summed E-state index contributed by atoms with van der Waals surface area (Å²) in [7, 11) is 0. The standard InChI is InChI=1S/C16H17NO2S/c17-16(19)15(13-9-5-2-6-10-13)20-11-14(18)12-7-3-1-4-8-12/h1-10,14-15,18H,11H2,(H2,17,19)/t14-,15-/m1/s1. The van der Waals surface area contributed by atoms with Crippen LogP contribution in [0.3, 0.4) is 0 Å². The second-order valence-corrected chi connectivity index (χ2v) is 5.59. The van der Waals surface area contributed by atoms with E-state index in [1.54, 1.807) is 0 Å². The fourth-order valence-corrected chi connectivity index (χ4v) is 3.01. The number of hydrogen-bond acceptors (Lipinski definition) is 3. The van der Waals surface area contributed by atoms with E-state index in [1.165, 1.54) is 11.8 Å². The molecule has 0 heterocycles. The molecular weight excluding hydrogens is 270 g/mol. The van der Waals surface area contributed by atoms with Crippen LogP contribution in [0.4, 0.5) is 0 Å². The highest BCUT2D eigenvalue weighted by atomic mass is 32.2. The summed E-state index contributed by atoms with van der Waals surface area (Å²) in [5.74, 6) is 0.0356. The number of primary amides is 1. The van der Waals surface area contributed by atoms with Gasteiger partial charge in [0.15, 0.2) is 0 Å². The first kappa shape index (κ1) is 14.6. The van der Waals surface area contributed by atoms with Crippen LogP contribution in [0.25, 0.3) is 0 Å². The minimum atomic E-state index is -0.605. The molecule has 0 aliphatic rings. The van der Waals surface area contributed by atoms with Gasteiger partial charge < -0.3 is 10.8 Å². The molecule has 4 heteroatoms. The molecular formula is C16H17NO2S. The van der Waals surface area contributed by atoms with E-state index in [2.05, 4.69) is 0 Å². The van der Waals surface area contributed by atoms with Gasteiger partial charge in [-0.3, -0.25) is 4.79 Å². The third-order valence-electron chi connectivity index (χ3n) is 2.97. The summed E-state index contributed by atoms with van der Waals surface area (Å²) in [5, 5.41) is 9.69. The second kappa shape index (κ2) is 7.12. The lowest BCUT2D eigenvalue weighted by Gasteiger charge is -2.16. The number of carbonyl (C=O) groups excluding carboxylic acids is 1. The van der Waals surface area contributed by atoms with E-state index >= 15 is 0 Å².